The van der Waals surface area contributed by atoms with Crippen LogP contribution in [0.2, 0.25) is 0 Å². The molecule has 2 aromatic rings. The van der Waals surface area contributed by atoms with Crippen LogP contribution in [0, 0.1) is 10.1 Å². The summed E-state index contributed by atoms with van der Waals surface area (Å²) in [4.78, 5) is 14.4. The Hall–Kier alpha value is -2.19. The minimum absolute atomic E-state index is 0.0212. The molecule has 7 nitrogen and oxygen atoms in total. The van der Waals surface area contributed by atoms with Crippen LogP contribution < -0.4 is 16.6 Å². The van der Waals surface area contributed by atoms with Crippen LogP contribution in [0.5, 0.6) is 0 Å². The number of nitro groups is 1. The monoisotopic (exact) mass is 265 g/mol. The summed E-state index contributed by atoms with van der Waals surface area (Å²) >= 11 is 1.51. The van der Waals surface area contributed by atoms with Crippen molar-refractivity contribution < 1.29 is 4.92 Å². The highest BCUT2D eigenvalue weighted by Gasteiger charge is 2.09. The molecule has 0 aliphatic heterocycles. The number of anilines is 2. The largest absolute Gasteiger partial charge is 0.378 e. The van der Waals surface area contributed by atoms with Gasteiger partial charge in [0.25, 0.3) is 5.69 Å². The number of nitrogens with two attached hydrogens (primary N) is 1. The zero-order chi connectivity index (χ0) is 13.0. The molecule has 0 radical (unpaired) electrons. The third-order valence-corrected chi connectivity index (χ3v) is 3.00. The molecular weight excluding hydrogens is 254 g/mol. The maximum absolute atomic E-state index is 10.8. The Labute approximate surface area is 107 Å². The van der Waals surface area contributed by atoms with E-state index in [4.69, 9.17) is 5.84 Å². The molecule has 0 unspecified atom stereocenters. The standard InChI is InChI=1S/C10H11N5O2S/c11-14-8-3-7(4-9(5-8)15(16)17)13-6-10-12-1-2-18-10/h1-5,13-14H,6,11H2. The lowest BCUT2D eigenvalue weighted by Gasteiger charge is -2.07. The molecule has 94 valence electrons. The molecule has 0 aliphatic carbocycles. The van der Waals surface area contributed by atoms with Gasteiger partial charge in [0.15, 0.2) is 0 Å². The number of hydrogen-bond acceptors (Lipinski definition) is 7. The second kappa shape index (κ2) is 5.43. The second-order valence-corrected chi connectivity index (χ2v) is 4.43. The highest BCUT2D eigenvalue weighted by Crippen LogP contribution is 2.24. The van der Waals surface area contributed by atoms with Gasteiger partial charge in [0, 0.05) is 29.4 Å². The van der Waals surface area contributed by atoms with E-state index >= 15 is 0 Å². The van der Waals surface area contributed by atoms with Crippen LogP contribution >= 0.6 is 11.3 Å². The van der Waals surface area contributed by atoms with E-state index in [1.165, 1.54) is 23.5 Å². The van der Waals surface area contributed by atoms with Crippen molar-refractivity contribution in [2.75, 3.05) is 10.7 Å². The van der Waals surface area contributed by atoms with Crippen LogP contribution in [0.4, 0.5) is 17.1 Å². The summed E-state index contributed by atoms with van der Waals surface area (Å²) in [7, 11) is 0. The van der Waals surface area contributed by atoms with Gasteiger partial charge >= 0.3 is 0 Å². The van der Waals surface area contributed by atoms with Crippen LogP contribution in [0.3, 0.4) is 0 Å². The Balaban J connectivity index is 2.16. The quantitative estimate of drug-likeness (QED) is 0.433. The highest BCUT2D eigenvalue weighted by molar-refractivity contribution is 7.09. The smallest absolute Gasteiger partial charge is 0.273 e. The second-order valence-electron chi connectivity index (χ2n) is 3.45. The van der Waals surface area contributed by atoms with Gasteiger partial charge in [-0.3, -0.25) is 16.0 Å². The van der Waals surface area contributed by atoms with E-state index in [0.717, 1.165) is 5.01 Å². The van der Waals surface area contributed by atoms with Crippen LogP contribution in [-0.2, 0) is 6.54 Å². The fourth-order valence-corrected chi connectivity index (χ4v) is 1.98. The summed E-state index contributed by atoms with van der Waals surface area (Å²) in [6.07, 6.45) is 1.71. The summed E-state index contributed by atoms with van der Waals surface area (Å²) in [5.74, 6) is 5.27. The zero-order valence-corrected chi connectivity index (χ0v) is 10.1. The minimum atomic E-state index is -0.463. The first kappa shape index (κ1) is 12.3. The third kappa shape index (κ3) is 2.93. The molecule has 0 aliphatic rings. The zero-order valence-electron chi connectivity index (χ0n) is 9.29. The SMILES string of the molecule is NNc1cc(NCc2nccs2)cc([N+](=O)[O-])c1. The first-order valence-electron chi connectivity index (χ1n) is 5.07. The fraction of sp³-hybridized carbons (Fsp3) is 0.100. The molecule has 1 heterocycles. The van der Waals surface area contributed by atoms with Crippen LogP contribution in [0.25, 0.3) is 0 Å². The van der Waals surface area contributed by atoms with Crippen LogP contribution in [-0.4, -0.2) is 9.91 Å². The van der Waals surface area contributed by atoms with Crippen molar-refractivity contribution in [3.63, 3.8) is 0 Å². The lowest BCUT2D eigenvalue weighted by Crippen LogP contribution is -2.08. The number of nitro benzene ring substituents is 1. The van der Waals surface area contributed by atoms with Crippen molar-refractivity contribution in [3.8, 4) is 0 Å². The summed E-state index contributed by atoms with van der Waals surface area (Å²) < 4.78 is 0. The molecule has 0 atom stereocenters. The Morgan fingerprint density at radius 3 is 2.78 bits per heavy atom. The molecule has 18 heavy (non-hydrogen) atoms. The van der Waals surface area contributed by atoms with Gasteiger partial charge in [-0.15, -0.1) is 11.3 Å². The Bertz CT molecular complexity index is 543. The van der Waals surface area contributed by atoms with Gasteiger partial charge in [-0.05, 0) is 6.07 Å². The molecule has 1 aromatic heterocycles. The number of nitrogens with zero attached hydrogens (tertiary/aromatic N) is 2. The van der Waals surface area contributed by atoms with Crippen molar-refractivity contribution in [3.05, 3.63) is 44.9 Å². The molecule has 2 rings (SSSR count). The summed E-state index contributed by atoms with van der Waals surface area (Å²) in [5, 5.41) is 16.6. The predicted octanol–water partition coefficient (Wildman–Crippen LogP) is 1.95. The lowest BCUT2D eigenvalue weighted by molar-refractivity contribution is -0.384. The number of aromatic nitrogens is 1. The molecule has 0 saturated carbocycles. The number of thiazole rings is 1. The number of benzene rings is 1. The maximum Gasteiger partial charge on any atom is 0.273 e. The van der Waals surface area contributed by atoms with Gasteiger partial charge in [0.05, 0.1) is 17.2 Å². The molecule has 0 fully saturated rings. The fourth-order valence-electron chi connectivity index (χ4n) is 1.42. The van der Waals surface area contributed by atoms with Crippen molar-refractivity contribution in [1.82, 2.24) is 4.98 Å². The number of rotatable bonds is 5. The van der Waals surface area contributed by atoms with E-state index in [0.29, 0.717) is 17.9 Å². The number of non-ortho nitro benzene ring substituents is 1. The van der Waals surface area contributed by atoms with E-state index in [1.54, 1.807) is 12.3 Å². The molecule has 0 amide bonds. The van der Waals surface area contributed by atoms with Gasteiger partial charge in [-0.1, -0.05) is 0 Å². The van der Waals surface area contributed by atoms with Crippen molar-refractivity contribution in [2.45, 2.75) is 6.54 Å². The third-order valence-electron chi connectivity index (χ3n) is 2.22. The summed E-state index contributed by atoms with van der Waals surface area (Å²) in [5.41, 5.74) is 3.47. The molecule has 8 heteroatoms. The van der Waals surface area contributed by atoms with Crippen molar-refractivity contribution in [1.29, 1.82) is 0 Å². The minimum Gasteiger partial charge on any atom is -0.378 e. The highest BCUT2D eigenvalue weighted by atomic mass is 32.1. The molecule has 0 spiro atoms. The summed E-state index contributed by atoms with van der Waals surface area (Å²) in [6.45, 7) is 0.517. The van der Waals surface area contributed by atoms with Gasteiger partial charge in [-0.25, -0.2) is 4.98 Å². The normalized spacial score (nSPS) is 10.1. The van der Waals surface area contributed by atoms with E-state index in [-0.39, 0.29) is 5.69 Å². The van der Waals surface area contributed by atoms with E-state index in [9.17, 15) is 10.1 Å². The maximum atomic E-state index is 10.8. The van der Waals surface area contributed by atoms with Gasteiger partial charge < -0.3 is 10.7 Å². The van der Waals surface area contributed by atoms with Gasteiger partial charge in [0.1, 0.15) is 5.01 Å². The average Bonchev–Trinajstić information content (AvgIpc) is 2.89. The van der Waals surface area contributed by atoms with E-state index < -0.39 is 4.92 Å². The summed E-state index contributed by atoms with van der Waals surface area (Å²) in [6, 6.07) is 4.52. The van der Waals surface area contributed by atoms with Crippen LogP contribution in [0.1, 0.15) is 5.01 Å². The first-order chi connectivity index (χ1) is 8.69. The topological polar surface area (TPSA) is 106 Å². The van der Waals surface area contributed by atoms with Gasteiger partial charge in [0.2, 0.25) is 0 Å². The molecule has 0 saturated heterocycles. The Morgan fingerprint density at radius 1 is 1.39 bits per heavy atom. The molecule has 1 aromatic carbocycles. The number of nitrogens with one attached hydrogen (secondary N) is 2. The van der Waals surface area contributed by atoms with Gasteiger partial charge in [-0.2, -0.15) is 0 Å². The molecule has 4 N–H and O–H groups in total. The van der Waals surface area contributed by atoms with E-state index in [2.05, 4.69) is 15.7 Å². The lowest BCUT2D eigenvalue weighted by atomic mass is 10.2. The first-order valence-corrected chi connectivity index (χ1v) is 5.95. The predicted molar refractivity (Wildman–Crippen MR) is 70.3 cm³/mol. The number of hydrogen-bond donors (Lipinski definition) is 3. The number of nitrogen functional groups attached to an aromatic ring is 1. The van der Waals surface area contributed by atoms with Crippen LogP contribution in [0.15, 0.2) is 29.8 Å². The number of hydrazine groups is 1. The van der Waals surface area contributed by atoms with Crippen molar-refractivity contribution in [2.24, 2.45) is 5.84 Å². The Kier molecular flexibility index (Phi) is 3.70. The van der Waals surface area contributed by atoms with E-state index in [1.807, 2.05) is 5.38 Å². The molecular formula is C10H11N5O2S. The molecule has 0 bridgehead atoms. The average molecular weight is 265 g/mol. The van der Waals surface area contributed by atoms with Crippen molar-refractivity contribution >= 4 is 28.4 Å². The Morgan fingerprint density at radius 2 is 2.17 bits per heavy atom.